The molecule has 1 heterocycles. The Morgan fingerprint density at radius 3 is 2.67 bits per heavy atom. The predicted octanol–water partition coefficient (Wildman–Crippen LogP) is 2.63. The molecule has 1 unspecified atom stereocenters. The van der Waals surface area contributed by atoms with Gasteiger partial charge in [0.15, 0.2) is 0 Å². The van der Waals surface area contributed by atoms with E-state index in [2.05, 4.69) is 18.7 Å². The average Bonchev–Trinajstić information content (AvgIpc) is 2.26. The lowest BCUT2D eigenvalue weighted by Crippen LogP contribution is -2.35. The van der Waals surface area contributed by atoms with Crippen molar-refractivity contribution in [2.24, 2.45) is 0 Å². The lowest BCUT2D eigenvalue weighted by molar-refractivity contribution is 0.0529. The number of hydrogen-bond donors (Lipinski definition) is 0. The van der Waals surface area contributed by atoms with Crippen LogP contribution in [-0.2, 0) is 4.74 Å². The second-order valence-electron chi connectivity index (χ2n) is 4.46. The summed E-state index contributed by atoms with van der Waals surface area (Å²) < 4.78 is 18.4. The summed E-state index contributed by atoms with van der Waals surface area (Å²) in [7, 11) is 0. The second-order valence-corrected chi connectivity index (χ2v) is 4.46. The molecule has 15 heavy (non-hydrogen) atoms. The number of nitrogens with zero attached hydrogens (tertiary/aromatic N) is 1. The zero-order valence-electron chi connectivity index (χ0n) is 10.0. The average molecular weight is 217 g/mol. The maximum atomic E-state index is 12.8. The summed E-state index contributed by atoms with van der Waals surface area (Å²) in [6.45, 7) is 7.98. The van der Waals surface area contributed by atoms with Crippen molar-refractivity contribution in [2.45, 2.75) is 51.8 Å². The van der Waals surface area contributed by atoms with Crippen LogP contribution in [0.1, 0.15) is 39.5 Å². The molecule has 0 aromatic heterocycles. The lowest BCUT2D eigenvalue weighted by atomic mass is 10.1. The van der Waals surface area contributed by atoms with Gasteiger partial charge in [-0.25, -0.2) is 4.39 Å². The van der Waals surface area contributed by atoms with Crippen LogP contribution in [0.3, 0.4) is 0 Å². The number of piperidine rings is 1. The number of ether oxygens (including phenoxy) is 1. The maximum absolute atomic E-state index is 12.8. The minimum atomic E-state index is -0.558. The van der Waals surface area contributed by atoms with Crippen molar-refractivity contribution < 1.29 is 9.13 Å². The van der Waals surface area contributed by atoms with Crippen molar-refractivity contribution >= 4 is 0 Å². The Balaban J connectivity index is 1.96. The van der Waals surface area contributed by atoms with Gasteiger partial charge in [-0.2, -0.15) is 0 Å². The van der Waals surface area contributed by atoms with Crippen molar-refractivity contribution in [1.82, 2.24) is 4.90 Å². The van der Waals surface area contributed by atoms with Crippen molar-refractivity contribution in [1.29, 1.82) is 0 Å². The normalized spacial score (nSPS) is 21.8. The Morgan fingerprint density at radius 2 is 2.07 bits per heavy atom. The third-order valence-corrected chi connectivity index (χ3v) is 3.11. The Morgan fingerprint density at radius 1 is 1.40 bits per heavy atom. The molecule has 0 radical (unpaired) electrons. The molecule has 1 saturated heterocycles. The third kappa shape index (κ3) is 5.47. The second kappa shape index (κ2) is 7.18. The van der Waals surface area contributed by atoms with E-state index in [1.165, 1.54) is 0 Å². The number of alkyl halides is 1. The number of halogens is 1. The van der Waals surface area contributed by atoms with Crippen molar-refractivity contribution in [3.8, 4) is 0 Å². The smallest absolute Gasteiger partial charge is 0.103 e. The van der Waals surface area contributed by atoms with E-state index in [9.17, 15) is 4.39 Å². The van der Waals surface area contributed by atoms with E-state index in [1.54, 1.807) is 0 Å². The molecule has 1 aliphatic heterocycles. The van der Waals surface area contributed by atoms with Crippen LogP contribution in [0.25, 0.3) is 0 Å². The van der Waals surface area contributed by atoms with E-state index in [4.69, 9.17) is 4.74 Å². The monoisotopic (exact) mass is 217 g/mol. The van der Waals surface area contributed by atoms with Gasteiger partial charge in [-0.1, -0.05) is 6.92 Å². The lowest BCUT2D eigenvalue weighted by Gasteiger charge is -2.28. The zero-order valence-corrected chi connectivity index (χ0v) is 10.0. The highest BCUT2D eigenvalue weighted by atomic mass is 19.1. The molecule has 0 amide bonds. The molecular weight excluding hydrogens is 193 g/mol. The van der Waals surface area contributed by atoms with Crippen LogP contribution in [0, 0.1) is 0 Å². The number of likely N-dealkylation sites (tertiary alicyclic amines) is 1. The molecule has 0 aromatic carbocycles. The fourth-order valence-corrected chi connectivity index (χ4v) is 1.82. The van der Waals surface area contributed by atoms with E-state index < -0.39 is 6.17 Å². The van der Waals surface area contributed by atoms with Crippen LogP contribution in [-0.4, -0.2) is 43.4 Å². The highest BCUT2D eigenvalue weighted by Crippen LogP contribution is 2.13. The van der Waals surface area contributed by atoms with Gasteiger partial charge < -0.3 is 9.64 Å². The number of rotatable bonds is 6. The minimum absolute atomic E-state index is 0.376. The molecule has 90 valence electrons. The fourth-order valence-electron chi connectivity index (χ4n) is 1.82. The topological polar surface area (TPSA) is 12.5 Å². The molecule has 3 heteroatoms. The van der Waals surface area contributed by atoms with Gasteiger partial charge in [0, 0.05) is 26.2 Å². The summed E-state index contributed by atoms with van der Waals surface area (Å²) in [6, 6.07) is 0. The van der Waals surface area contributed by atoms with Gasteiger partial charge in [0.25, 0.3) is 0 Å². The Labute approximate surface area is 92.8 Å². The van der Waals surface area contributed by atoms with Crippen LogP contribution in [0.4, 0.5) is 4.39 Å². The summed E-state index contributed by atoms with van der Waals surface area (Å²) >= 11 is 0. The first-order valence-electron chi connectivity index (χ1n) is 6.20. The van der Waals surface area contributed by atoms with Crippen LogP contribution in [0.5, 0.6) is 0 Å². The summed E-state index contributed by atoms with van der Waals surface area (Å²) in [4.78, 5) is 2.34. The summed E-state index contributed by atoms with van der Waals surface area (Å²) in [5.74, 6) is 0. The Bertz CT molecular complexity index is 158. The molecule has 0 N–H and O–H groups in total. The summed E-state index contributed by atoms with van der Waals surface area (Å²) in [6.07, 6.45) is 3.40. The molecule has 1 fully saturated rings. The number of hydrogen-bond acceptors (Lipinski definition) is 2. The molecule has 0 aromatic rings. The highest BCUT2D eigenvalue weighted by molar-refractivity contribution is 4.71. The van der Waals surface area contributed by atoms with Gasteiger partial charge in [0.05, 0.1) is 6.10 Å². The molecule has 0 bridgehead atoms. The first-order valence-corrected chi connectivity index (χ1v) is 6.20. The standard InChI is InChI=1S/C12H24FNO/c1-3-11(2)15-10-4-7-14-8-5-12(13)6-9-14/h11-12H,3-10H2,1-2H3. The van der Waals surface area contributed by atoms with E-state index in [-0.39, 0.29) is 0 Å². The molecule has 0 saturated carbocycles. The summed E-state index contributed by atoms with van der Waals surface area (Å²) in [5, 5.41) is 0. The van der Waals surface area contributed by atoms with Crippen LogP contribution >= 0.6 is 0 Å². The molecule has 2 nitrogen and oxygen atoms in total. The van der Waals surface area contributed by atoms with Crippen molar-refractivity contribution in [2.75, 3.05) is 26.2 Å². The SMILES string of the molecule is CCC(C)OCCCN1CCC(F)CC1. The third-order valence-electron chi connectivity index (χ3n) is 3.11. The van der Waals surface area contributed by atoms with Crippen LogP contribution in [0.15, 0.2) is 0 Å². The van der Waals surface area contributed by atoms with Gasteiger partial charge in [-0.15, -0.1) is 0 Å². The molecule has 1 atom stereocenters. The maximum Gasteiger partial charge on any atom is 0.103 e. The van der Waals surface area contributed by atoms with Crippen LogP contribution < -0.4 is 0 Å². The first kappa shape index (κ1) is 12.9. The largest absolute Gasteiger partial charge is 0.378 e. The Kier molecular flexibility index (Phi) is 6.18. The molecule has 1 aliphatic rings. The van der Waals surface area contributed by atoms with Gasteiger partial charge in [0.1, 0.15) is 6.17 Å². The summed E-state index contributed by atoms with van der Waals surface area (Å²) in [5.41, 5.74) is 0. The van der Waals surface area contributed by atoms with E-state index >= 15 is 0 Å². The van der Waals surface area contributed by atoms with E-state index in [0.29, 0.717) is 18.9 Å². The highest BCUT2D eigenvalue weighted by Gasteiger charge is 2.17. The quantitative estimate of drug-likeness (QED) is 0.634. The van der Waals surface area contributed by atoms with Crippen molar-refractivity contribution in [3.63, 3.8) is 0 Å². The molecular formula is C12H24FNO. The van der Waals surface area contributed by atoms with E-state index in [1.807, 2.05) is 0 Å². The fraction of sp³-hybridized carbons (Fsp3) is 1.00. The molecule has 0 spiro atoms. The predicted molar refractivity (Wildman–Crippen MR) is 60.9 cm³/mol. The van der Waals surface area contributed by atoms with Gasteiger partial charge in [0.2, 0.25) is 0 Å². The molecule has 0 aliphatic carbocycles. The van der Waals surface area contributed by atoms with Gasteiger partial charge in [-0.05, 0) is 32.6 Å². The minimum Gasteiger partial charge on any atom is -0.378 e. The Hall–Kier alpha value is -0.150. The molecule has 1 rings (SSSR count). The first-order chi connectivity index (χ1) is 7.22. The van der Waals surface area contributed by atoms with Gasteiger partial charge >= 0.3 is 0 Å². The van der Waals surface area contributed by atoms with Gasteiger partial charge in [-0.3, -0.25) is 0 Å². The zero-order chi connectivity index (χ0) is 11.1. The van der Waals surface area contributed by atoms with E-state index in [0.717, 1.165) is 39.1 Å². The van der Waals surface area contributed by atoms with Crippen LogP contribution in [0.2, 0.25) is 0 Å². The van der Waals surface area contributed by atoms with Crippen molar-refractivity contribution in [3.05, 3.63) is 0 Å².